The fourth-order valence-electron chi connectivity index (χ4n) is 4.76. The van der Waals surface area contributed by atoms with E-state index in [1.165, 1.54) is 0 Å². The van der Waals surface area contributed by atoms with Crippen LogP contribution >= 0.6 is 0 Å². The molecule has 1 aliphatic carbocycles. The largest absolute Gasteiger partial charge is 0.360 e. The van der Waals surface area contributed by atoms with Crippen molar-refractivity contribution in [3.63, 3.8) is 0 Å². The average Bonchev–Trinajstić information content (AvgIpc) is 3.49. The monoisotopic (exact) mass is 484 g/mol. The standard InChI is InChI=1S/C28H28N4O4/c1-17-23(25(31-35-17)19-9-5-3-6-10-19)27(33)29-21-13-15-22(16-14-21)30-28(34)24-18(2)36-32-26(24)20-11-7-4-8-12-20/h3-12,21-22H,13-16H2,1-2H3,(H,29,33)(H,30,34). The van der Waals surface area contributed by atoms with E-state index >= 15 is 0 Å². The molecule has 0 saturated heterocycles. The molecule has 0 radical (unpaired) electrons. The Balaban J connectivity index is 1.20. The first-order valence-corrected chi connectivity index (χ1v) is 12.2. The molecule has 8 nitrogen and oxygen atoms in total. The molecule has 0 bridgehead atoms. The van der Waals surface area contributed by atoms with Gasteiger partial charge in [-0.3, -0.25) is 9.59 Å². The number of nitrogens with one attached hydrogen (secondary N) is 2. The third-order valence-electron chi connectivity index (χ3n) is 6.67. The van der Waals surface area contributed by atoms with Crippen molar-refractivity contribution in [2.75, 3.05) is 0 Å². The van der Waals surface area contributed by atoms with E-state index in [9.17, 15) is 9.59 Å². The van der Waals surface area contributed by atoms with Crippen LogP contribution in [0.5, 0.6) is 0 Å². The topological polar surface area (TPSA) is 110 Å². The molecule has 36 heavy (non-hydrogen) atoms. The summed E-state index contributed by atoms with van der Waals surface area (Å²) in [6, 6.07) is 19.1. The highest BCUT2D eigenvalue weighted by atomic mass is 16.5. The molecular formula is C28H28N4O4. The number of hydrogen-bond acceptors (Lipinski definition) is 6. The smallest absolute Gasteiger partial charge is 0.257 e. The van der Waals surface area contributed by atoms with Crippen LogP contribution in [0.15, 0.2) is 69.7 Å². The van der Waals surface area contributed by atoms with Crippen molar-refractivity contribution in [2.45, 2.75) is 51.6 Å². The summed E-state index contributed by atoms with van der Waals surface area (Å²) in [6.07, 6.45) is 3.04. The van der Waals surface area contributed by atoms with Crippen molar-refractivity contribution in [2.24, 2.45) is 0 Å². The SMILES string of the molecule is Cc1onc(-c2ccccc2)c1C(=O)NC1CCC(NC(=O)c2c(-c3ccccc3)noc2C)CC1. The maximum absolute atomic E-state index is 13.1. The average molecular weight is 485 g/mol. The number of aryl methyl sites for hydroxylation is 2. The molecule has 0 unspecified atom stereocenters. The van der Waals surface area contributed by atoms with Crippen LogP contribution < -0.4 is 10.6 Å². The summed E-state index contributed by atoms with van der Waals surface area (Å²) < 4.78 is 10.7. The number of carbonyl (C=O) groups is 2. The second-order valence-corrected chi connectivity index (χ2v) is 9.15. The number of rotatable bonds is 6. The van der Waals surface area contributed by atoms with Gasteiger partial charge in [-0.15, -0.1) is 0 Å². The predicted molar refractivity (Wildman–Crippen MR) is 134 cm³/mol. The zero-order valence-corrected chi connectivity index (χ0v) is 20.3. The van der Waals surface area contributed by atoms with Crippen LogP contribution in [0, 0.1) is 13.8 Å². The minimum Gasteiger partial charge on any atom is -0.360 e. The molecule has 1 aliphatic rings. The van der Waals surface area contributed by atoms with Gasteiger partial charge in [0.1, 0.15) is 34.0 Å². The molecule has 0 aliphatic heterocycles. The van der Waals surface area contributed by atoms with Crippen LogP contribution in [-0.4, -0.2) is 34.2 Å². The van der Waals surface area contributed by atoms with E-state index in [-0.39, 0.29) is 23.9 Å². The van der Waals surface area contributed by atoms with Gasteiger partial charge in [-0.2, -0.15) is 0 Å². The first-order chi connectivity index (χ1) is 17.5. The highest BCUT2D eigenvalue weighted by Gasteiger charge is 2.29. The lowest BCUT2D eigenvalue weighted by atomic mass is 9.90. The maximum atomic E-state index is 13.1. The van der Waals surface area contributed by atoms with Crippen LogP contribution in [0.4, 0.5) is 0 Å². The van der Waals surface area contributed by atoms with Crippen molar-refractivity contribution in [1.82, 2.24) is 20.9 Å². The molecule has 2 amide bonds. The minimum atomic E-state index is -0.187. The highest BCUT2D eigenvalue weighted by Crippen LogP contribution is 2.28. The summed E-state index contributed by atoms with van der Waals surface area (Å²) in [5.41, 5.74) is 3.70. The van der Waals surface area contributed by atoms with Gasteiger partial charge in [0.15, 0.2) is 0 Å². The van der Waals surface area contributed by atoms with Crippen LogP contribution in [-0.2, 0) is 0 Å². The van der Waals surface area contributed by atoms with Gasteiger partial charge in [0, 0.05) is 23.2 Å². The lowest BCUT2D eigenvalue weighted by Gasteiger charge is -2.29. The molecular weight excluding hydrogens is 456 g/mol. The molecule has 1 saturated carbocycles. The Hall–Kier alpha value is -4.20. The van der Waals surface area contributed by atoms with Crippen molar-refractivity contribution >= 4 is 11.8 Å². The van der Waals surface area contributed by atoms with Gasteiger partial charge >= 0.3 is 0 Å². The Morgan fingerprint density at radius 3 is 1.39 bits per heavy atom. The number of aromatic nitrogens is 2. The van der Waals surface area contributed by atoms with Gasteiger partial charge < -0.3 is 19.7 Å². The van der Waals surface area contributed by atoms with E-state index in [0.29, 0.717) is 34.0 Å². The van der Waals surface area contributed by atoms with Crippen LogP contribution in [0.3, 0.4) is 0 Å². The Labute approximate surface area is 209 Å². The predicted octanol–water partition coefficient (Wildman–Crippen LogP) is 5.08. The van der Waals surface area contributed by atoms with Gasteiger partial charge in [0.25, 0.3) is 11.8 Å². The van der Waals surface area contributed by atoms with E-state index < -0.39 is 0 Å². The van der Waals surface area contributed by atoms with E-state index in [1.807, 2.05) is 60.7 Å². The molecule has 5 rings (SSSR count). The number of amides is 2. The summed E-state index contributed by atoms with van der Waals surface area (Å²) >= 11 is 0. The summed E-state index contributed by atoms with van der Waals surface area (Å²) in [5, 5.41) is 14.5. The Kier molecular flexibility index (Phi) is 6.66. The number of nitrogens with zero attached hydrogens (tertiary/aromatic N) is 2. The molecule has 0 atom stereocenters. The quantitative estimate of drug-likeness (QED) is 0.395. The lowest BCUT2D eigenvalue weighted by molar-refractivity contribution is 0.0890. The zero-order chi connectivity index (χ0) is 25.1. The molecule has 2 N–H and O–H groups in total. The summed E-state index contributed by atoms with van der Waals surface area (Å²) in [6.45, 7) is 3.49. The van der Waals surface area contributed by atoms with E-state index in [4.69, 9.17) is 9.05 Å². The minimum absolute atomic E-state index is 0.0146. The fourth-order valence-corrected chi connectivity index (χ4v) is 4.76. The van der Waals surface area contributed by atoms with E-state index in [2.05, 4.69) is 20.9 Å². The Morgan fingerprint density at radius 2 is 1.03 bits per heavy atom. The van der Waals surface area contributed by atoms with Gasteiger partial charge in [-0.1, -0.05) is 71.0 Å². The summed E-state index contributed by atoms with van der Waals surface area (Å²) in [7, 11) is 0. The maximum Gasteiger partial charge on any atom is 0.257 e. The van der Waals surface area contributed by atoms with Crippen LogP contribution in [0.1, 0.15) is 57.9 Å². The third-order valence-corrected chi connectivity index (χ3v) is 6.67. The number of carbonyl (C=O) groups excluding carboxylic acids is 2. The second-order valence-electron chi connectivity index (χ2n) is 9.15. The van der Waals surface area contributed by atoms with Gasteiger partial charge in [-0.25, -0.2) is 0 Å². The van der Waals surface area contributed by atoms with E-state index in [0.717, 1.165) is 36.8 Å². The summed E-state index contributed by atoms with van der Waals surface area (Å²) in [5.74, 6) is 0.608. The van der Waals surface area contributed by atoms with Crippen molar-refractivity contribution in [3.8, 4) is 22.5 Å². The molecule has 2 aromatic heterocycles. The van der Waals surface area contributed by atoms with Crippen molar-refractivity contribution in [3.05, 3.63) is 83.3 Å². The fraction of sp³-hybridized carbons (Fsp3) is 0.286. The molecule has 4 aromatic rings. The van der Waals surface area contributed by atoms with Crippen LogP contribution in [0.25, 0.3) is 22.5 Å². The molecule has 1 fully saturated rings. The first-order valence-electron chi connectivity index (χ1n) is 12.2. The number of hydrogen-bond donors (Lipinski definition) is 2. The molecule has 2 heterocycles. The lowest BCUT2D eigenvalue weighted by Crippen LogP contribution is -2.44. The zero-order valence-electron chi connectivity index (χ0n) is 20.3. The third kappa shape index (κ3) is 4.79. The Bertz CT molecular complexity index is 1250. The molecule has 8 heteroatoms. The molecule has 0 spiro atoms. The highest BCUT2D eigenvalue weighted by molar-refractivity contribution is 6.01. The normalized spacial score (nSPS) is 17.5. The van der Waals surface area contributed by atoms with Gasteiger partial charge in [0.05, 0.1) is 0 Å². The van der Waals surface area contributed by atoms with Crippen LogP contribution in [0.2, 0.25) is 0 Å². The van der Waals surface area contributed by atoms with Crippen molar-refractivity contribution in [1.29, 1.82) is 0 Å². The Morgan fingerprint density at radius 1 is 0.667 bits per heavy atom. The van der Waals surface area contributed by atoms with Gasteiger partial charge in [-0.05, 0) is 39.5 Å². The summed E-state index contributed by atoms with van der Waals surface area (Å²) in [4.78, 5) is 26.2. The van der Waals surface area contributed by atoms with Crippen molar-refractivity contribution < 1.29 is 18.6 Å². The molecule has 2 aromatic carbocycles. The van der Waals surface area contributed by atoms with E-state index in [1.54, 1.807) is 13.8 Å². The molecule has 184 valence electrons. The number of benzene rings is 2. The second kappa shape index (κ2) is 10.2. The first kappa shape index (κ1) is 23.5. The van der Waals surface area contributed by atoms with Gasteiger partial charge in [0.2, 0.25) is 0 Å².